The van der Waals surface area contributed by atoms with Crippen LogP contribution in [0.4, 0.5) is 0 Å². The van der Waals surface area contributed by atoms with Gasteiger partial charge in [-0.1, -0.05) is 23.7 Å². The van der Waals surface area contributed by atoms with E-state index in [0.717, 1.165) is 0 Å². The van der Waals surface area contributed by atoms with E-state index in [9.17, 15) is 9.59 Å². The second-order valence-electron chi connectivity index (χ2n) is 5.40. The fourth-order valence-electron chi connectivity index (χ4n) is 2.28. The molecule has 1 N–H and O–H groups in total. The first-order chi connectivity index (χ1) is 12.5. The van der Waals surface area contributed by atoms with Crippen LogP contribution in [-0.4, -0.2) is 33.9 Å². The molecule has 3 rings (SSSR count). The molecule has 132 valence electrons. The molecule has 0 saturated heterocycles. The van der Waals surface area contributed by atoms with Crippen LogP contribution in [-0.2, 0) is 0 Å². The van der Waals surface area contributed by atoms with Crippen molar-refractivity contribution < 1.29 is 14.3 Å². The van der Waals surface area contributed by atoms with Gasteiger partial charge in [0.1, 0.15) is 5.75 Å². The van der Waals surface area contributed by atoms with Gasteiger partial charge in [0.15, 0.2) is 5.69 Å². The minimum Gasteiger partial charge on any atom is -0.422 e. The lowest BCUT2D eigenvalue weighted by Gasteiger charge is -2.05. The van der Waals surface area contributed by atoms with Crippen molar-refractivity contribution in [3.05, 3.63) is 70.5 Å². The molecule has 0 unspecified atom stereocenters. The molecule has 0 aliphatic rings. The molecule has 26 heavy (non-hydrogen) atoms. The number of ether oxygens (including phenoxy) is 1. The molecule has 7 nitrogen and oxygen atoms in total. The standard InChI is InChI=1S/C18H15ClN4O3/c1-11-16(22-23(21-11)14-7-4-6-13(19)10-14)18(25)26-15-8-3-5-12(9-15)17(24)20-2/h3-10H,1-2H3,(H,20,24). The fourth-order valence-corrected chi connectivity index (χ4v) is 2.47. The highest BCUT2D eigenvalue weighted by Crippen LogP contribution is 2.17. The molecule has 1 aromatic heterocycles. The largest absolute Gasteiger partial charge is 0.422 e. The van der Waals surface area contributed by atoms with E-state index in [-0.39, 0.29) is 17.4 Å². The summed E-state index contributed by atoms with van der Waals surface area (Å²) in [5.74, 6) is -0.691. The number of nitrogens with one attached hydrogen (secondary N) is 1. The molecular formula is C18H15ClN4O3. The predicted octanol–water partition coefficient (Wildman–Crippen LogP) is 2.81. The molecule has 0 bridgehead atoms. The maximum atomic E-state index is 12.4. The second-order valence-corrected chi connectivity index (χ2v) is 5.84. The number of hydrogen-bond acceptors (Lipinski definition) is 5. The fraction of sp³-hybridized carbons (Fsp3) is 0.111. The Balaban J connectivity index is 1.84. The summed E-state index contributed by atoms with van der Waals surface area (Å²) in [6.07, 6.45) is 0. The van der Waals surface area contributed by atoms with Gasteiger partial charge in [-0.3, -0.25) is 4.79 Å². The van der Waals surface area contributed by atoms with E-state index in [0.29, 0.717) is 22.0 Å². The summed E-state index contributed by atoms with van der Waals surface area (Å²) in [6.45, 7) is 1.66. The zero-order valence-electron chi connectivity index (χ0n) is 14.1. The van der Waals surface area contributed by atoms with Crippen molar-refractivity contribution in [1.29, 1.82) is 0 Å². The van der Waals surface area contributed by atoms with Gasteiger partial charge >= 0.3 is 5.97 Å². The number of rotatable bonds is 4. The maximum Gasteiger partial charge on any atom is 0.366 e. The number of amides is 1. The summed E-state index contributed by atoms with van der Waals surface area (Å²) in [6, 6.07) is 13.3. The molecule has 0 saturated carbocycles. The van der Waals surface area contributed by atoms with Crippen LogP contribution in [0.3, 0.4) is 0 Å². The van der Waals surface area contributed by atoms with Crippen LogP contribution in [0.15, 0.2) is 48.5 Å². The smallest absolute Gasteiger partial charge is 0.366 e. The lowest BCUT2D eigenvalue weighted by molar-refractivity contribution is 0.0726. The van der Waals surface area contributed by atoms with Gasteiger partial charge in [-0.15, -0.1) is 5.10 Å². The predicted molar refractivity (Wildman–Crippen MR) is 95.9 cm³/mol. The van der Waals surface area contributed by atoms with E-state index >= 15 is 0 Å². The molecule has 0 spiro atoms. The molecule has 2 aromatic carbocycles. The lowest BCUT2D eigenvalue weighted by Crippen LogP contribution is -2.18. The lowest BCUT2D eigenvalue weighted by atomic mass is 10.2. The minimum absolute atomic E-state index is 0.0790. The Morgan fingerprint density at radius 1 is 1.12 bits per heavy atom. The summed E-state index contributed by atoms with van der Waals surface area (Å²) in [5.41, 5.74) is 1.51. The zero-order valence-corrected chi connectivity index (χ0v) is 14.8. The normalized spacial score (nSPS) is 10.4. The summed E-state index contributed by atoms with van der Waals surface area (Å²) in [7, 11) is 1.53. The Kier molecular flexibility index (Phi) is 4.99. The second kappa shape index (κ2) is 7.37. The Morgan fingerprint density at radius 3 is 2.62 bits per heavy atom. The molecule has 3 aromatic rings. The quantitative estimate of drug-likeness (QED) is 0.563. The number of benzene rings is 2. The number of esters is 1. The van der Waals surface area contributed by atoms with Gasteiger partial charge in [-0.05, 0) is 43.3 Å². The average molecular weight is 371 g/mol. The third kappa shape index (κ3) is 3.73. The number of hydrogen-bond donors (Lipinski definition) is 1. The first-order valence-electron chi connectivity index (χ1n) is 7.72. The minimum atomic E-state index is -0.662. The highest BCUT2D eigenvalue weighted by atomic mass is 35.5. The van der Waals surface area contributed by atoms with Gasteiger partial charge in [-0.25, -0.2) is 4.79 Å². The maximum absolute atomic E-state index is 12.4. The Morgan fingerprint density at radius 2 is 1.88 bits per heavy atom. The summed E-state index contributed by atoms with van der Waals surface area (Å²) >= 11 is 5.97. The van der Waals surface area contributed by atoms with Crippen molar-refractivity contribution in [1.82, 2.24) is 20.3 Å². The van der Waals surface area contributed by atoms with Gasteiger partial charge in [0.2, 0.25) is 0 Å². The van der Waals surface area contributed by atoms with Crippen molar-refractivity contribution >= 4 is 23.5 Å². The van der Waals surface area contributed by atoms with Crippen molar-refractivity contribution in [3.8, 4) is 11.4 Å². The van der Waals surface area contributed by atoms with Crippen LogP contribution >= 0.6 is 11.6 Å². The van der Waals surface area contributed by atoms with Gasteiger partial charge in [0, 0.05) is 17.6 Å². The molecular weight excluding hydrogens is 356 g/mol. The van der Waals surface area contributed by atoms with Gasteiger partial charge in [0.25, 0.3) is 5.91 Å². The zero-order chi connectivity index (χ0) is 18.7. The molecule has 8 heteroatoms. The van der Waals surface area contributed by atoms with Crippen molar-refractivity contribution in [2.75, 3.05) is 7.05 Å². The molecule has 0 fully saturated rings. The number of carbonyl (C=O) groups excluding carboxylic acids is 2. The number of carbonyl (C=O) groups is 2. The summed E-state index contributed by atoms with van der Waals surface area (Å²) in [5, 5.41) is 11.5. The van der Waals surface area contributed by atoms with Crippen molar-refractivity contribution in [2.45, 2.75) is 6.92 Å². The highest BCUT2D eigenvalue weighted by Gasteiger charge is 2.19. The number of aromatic nitrogens is 3. The average Bonchev–Trinajstić information content (AvgIpc) is 3.03. The van der Waals surface area contributed by atoms with Gasteiger partial charge in [0.05, 0.1) is 11.4 Å². The summed E-state index contributed by atoms with van der Waals surface area (Å²) in [4.78, 5) is 25.4. The van der Waals surface area contributed by atoms with E-state index in [4.69, 9.17) is 16.3 Å². The first kappa shape index (κ1) is 17.6. The van der Waals surface area contributed by atoms with Crippen LogP contribution in [0.2, 0.25) is 5.02 Å². The van der Waals surface area contributed by atoms with E-state index in [1.165, 1.54) is 17.9 Å². The third-order valence-corrected chi connectivity index (χ3v) is 3.78. The van der Waals surface area contributed by atoms with E-state index in [1.54, 1.807) is 49.4 Å². The van der Waals surface area contributed by atoms with Crippen molar-refractivity contribution in [3.63, 3.8) is 0 Å². The van der Waals surface area contributed by atoms with E-state index in [1.807, 2.05) is 0 Å². The van der Waals surface area contributed by atoms with Crippen molar-refractivity contribution in [2.24, 2.45) is 0 Å². The van der Waals surface area contributed by atoms with E-state index < -0.39 is 5.97 Å². The van der Waals surface area contributed by atoms with Crippen LogP contribution in [0, 0.1) is 6.92 Å². The van der Waals surface area contributed by atoms with Crippen LogP contribution in [0.25, 0.3) is 5.69 Å². The van der Waals surface area contributed by atoms with Gasteiger partial charge in [-0.2, -0.15) is 9.90 Å². The molecule has 0 aliphatic heterocycles. The molecule has 0 radical (unpaired) electrons. The molecule has 1 heterocycles. The Labute approximate surface area is 154 Å². The molecule has 0 aliphatic carbocycles. The van der Waals surface area contributed by atoms with Crippen LogP contribution in [0.5, 0.6) is 5.75 Å². The Hall–Kier alpha value is -3.19. The monoisotopic (exact) mass is 370 g/mol. The Bertz CT molecular complexity index is 984. The number of nitrogens with zero attached hydrogens (tertiary/aromatic N) is 3. The van der Waals surface area contributed by atoms with Crippen LogP contribution in [0.1, 0.15) is 26.5 Å². The number of halogens is 1. The SMILES string of the molecule is CNC(=O)c1cccc(OC(=O)c2nn(-c3cccc(Cl)c3)nc2C)c1. The topological polar surface area (TPSA) is 86.1 Å². The highest BCUT2D eigenvalue weighted by molar-refractivity contribution is 6.30. The summed E-state index contributed by atoms with van der Waals surface area (Å²) < 4.78 is 5.33. The first-order valence-corrected chi connectivity index (χ1v) is 8.10. The van der Waals surface area contributed by atoms with Gasteiger partial charge < -0.3 is 10.1 Å². The third-order valence-electron chi connectivity index (χ3n) is 3.55. The van der Waals surface area contributed by atoms with E-state index in [2.05, 4.69) is 15.5 Å². The van der Waals surface area contributed by atoms with Crippen LogP contribution < -0.4 is 10.1 Å². The number of aryl methyl sites for hydroxylation is 1. The molecule has 1 amide bonds. The molecule has 0 atom stereocenters.